The number of aryl methyl sites for hydroxylation is 1. The first-order valence-electron chi connectivity index (χ1n) is 6.23. The van der Waals surface area contributed by atoms with Crippen LogP contribution in [0.2, 0.25) is 0 Å². The highest BCUT2D eigenvalue weighted by Gasteiger charge is 2.35. The molecule has 0 aliphatic carbocycles. The van der Waals surface area contributed by atoms with Crippen LogP contribution in [-0.4, -0.2) is 12.7 Å². The van der Waals surface area contributed by atoms with Gasteiger partial charge in [-0.3, -0.25) is 0 Å². The number of rotatable bonds is 4. The summed E-state index contributed by atoms with van der Waals surface area (Å²) < 4.78 is 11.5. The average molecular weight is 240 g/mol. The lowest BCUT2D eigenvalue weighted by Gasteiger charge is -2.19. The van der Waals surface area contributed by atoms with Crippen LogP contribution in [0.5, 0.6) is 5.75 Å². The van der Waals surface area contributed by atoms with Crippen LogP contribution in [0.3, 0.4) is 0 Å². The first-order valence-corrected chi connectivity index (χ1v) is 6.23. The molecular formula is C16H16O2. The lowest BCUT2D eigenvalue weighted by atomic mass is 10.1. The second kappa shape index (κ2) is 4.83. The van der Waals surface area contributed by atoms with Crippen molar-refractivity contribution >= 4 is 0 Å². The number of para-hydroxylation sites is 1. The highest BCUT2D eigenvalue weighted by atomic mass is 16.6. The smallest absolute Gasteiger partial charge is 0.152 e. The maximum atomic E-state index is 6.13. The van der Waals surface area contributed by atoms with E-state index in [9.17, 15) is 0 Å². The first kappa shape index (κ1) is 11.3. The predicted octanol–water partition coefficient (Wildman–Crippen LogP) is 3.51. The van der Waals surface area contributed by atoms with Gasteiger partial charge in [-0.25, -0.2) is 0 Å². The Balaban J connectivity index is 1.86. The minimum atomic E-state index is -0.00713. The molecule has 0 aromatic heterocycles. The Morgan fingerprint density at radius 3 is 2.39 bits per heavy atom. The maximum absolute atomic E-state index is 6.13. The van der Waals surface area contributed by atoms with Gasteiger partial charge >= 0.3 is 0 Å². The lowest BCUT2D eigenvalue weighted by molar-refractivity contribution is 0.160. The van der Waals surface area contributed by atoms with Crippen LogP contribution >= 0.6 is 0 Å². The zero-order valence-electron chi connectivity index (χ0n) is 10.4. The van der Waals surface area contributed by atoms with E-state index < -0.39 is 0 Å². The highest BCUT2D eigenvalue weighted by molar-refractivity contribution is 5.33. The van der Waals surface area contributed by atoms with Gasteiger partial charge in [-0.1, -0.05) is 48.5 Å². The number of hydrogen-bond donors (Lipinski definition) is 0. The number of ether oxygens (including phenoxy) is 2. The fraction of sp³-hybridized carbons (Fsp3) is 0.250. The Labute approximate surface area is 107 Å². The van der Waals surface area contributed by atoms with Gasteiger partial charge in [0.2, 0.25) is 0 Å². The molecule has 0 unspecified atom stereocenters. The molecule has 0 radical (unpaired) electrons. The molecule has 1 saturated heterocycles. The van der Waals surface area contributed by atoms with Crippen LogP contribution in [0, 0.1) is 6.92 Å². The summed E-state index contributed by atoms with van der Waals surface area (Å²) in [6, 6.07) is 18.3. The van der Waals surface area contributed by atoms with E-state index in [1.165, 1.54) is 5.56 Å². The number of epoxide rings is 1. The van der Waals surface area contributed by atoms with Crippen LogP contribution in [-0.2, 0) is 4.74 Å². The van der Waals surface area contributed by atoms with Gasteiger partial charge in [-0.15, -0.1) is 0 Å². The molecule has 1 aliphatic heterocycles. The van der Waals surface area contributed by atoms with Crippen LogP contribution in [0.15, 0.2) is 54.6 Å². The van der Waals surface area contributed by atoms with Gasteiger partial charge in [-0.2, -0.15) is 0 Å². The third-order valence-corrected chi connectivity index (χ3v) is 3.17. The van der Waals surface area contributed by atoms with Gasteiger partial charge in [0.05, 0.1) is 6.61 Å². The predicted molar refractivity (Wildman–Crippen MR) is 70.7 cm³/mol. The van der Waals surface area contributed by atoms with Crippen molar-refractivity contribution in [2.75, 3.05) is 6.61 Å². The molecule has 18 heavy (non-hydrogen) atoms. The molecule has 2 atom stereocenters. The molecule has 2 heteroatoms. The van der Waals surface area contributed by atoms with E-state index in [4.69, 9.17) is 9.47 Å². The van der Waals surface area contributed by atoms with E-state index in [0.717, 1.165) is 17.9 Å². The van der Waals surface area contributed by atoms with E-state index in [0.29, 0.717) is 0 Å². The SMILES string of the molecule is Cc1ccccc1O[C@@H](c1ccccc1)[C@H]1CO1. The fourth-order valence-corrected chi connectivity index (χ4v) is 2.06. The molecule has 0 N–H and O–H groups in total. The Hall–Kier alpha value is -1.80. The third kappa shape index (κ3) is 2.39. The van der Waals surface area contributed by atoms with E-state index >= 15 is 0 Å². The monoisotopic (exact) mass is 240 g/mol. The van der Waals surface area contributed by atoms with Crippen LogP contribution in [0.25, 0.3) is 0 Å². The normalized spacial score (nSPS) is 19.3. The van der Waals surface area contributed by atoms with Crippen molar-refractivity contribution in [3.8, 4) is 5.75 Å². The quantitative estimate of drug-likeness (QED) is 0.763. The molecule has 0 amide bonds. The van der Waals surface area contributed by atoms with Crippen molar-refractivity contribution in [1.82, 2.24) is 0 Å². The van der Waals surface area contributed by atoms with Gasteiger partial charge in [0.25, 0.3) is 0 Å². The molecule has 0 bridgehead atoms. The summed E-state index contributed by atoms with van der Waals surface area (Å²) in [5.41, 5.74) is 2.32. The van der Waals surface area contributed by atoms with Gasteiger partial charge in [-0.05, 0) is 24.1 Å². The summed E-state index contributed by atoms with van der Waals surface area (Å²) in [6.45, 7) is 2.84. The standard InChI is InChI=1S/C16H16O2/c1-12-7-5-6-10-14(12)18-16(15-11-17-15)13-8-3-2-4-9-13/h2-10,15-16H,11H2,1H3/t15-,16+/m1/s1. The van der Waals surface area contributed by atoms with Crippen LogP contribution in [0.1, 0.15) is 17.2 Å². The summed E-state index contributed by atoms with van der Waals surface area (Å²) >= 11 is 0. The van der Waals surface area contributed by atoms with Crippen molar-refractivity contribution < 1.29 is 9.47 Å². The molecule has 3 rings (SSSR count). The average Bonchev–Trinajstić information content (AvgIpc) is 3.23. The summed E-state index contributed by atoms with van der Waals surface area (Å²) in [4.78, 5) is 0. The van der Waals surface area contributed by atoms with Gasteiger partial charge in [0.1, 0.15) is 11.9 Å². The van der Waals surface area contributed by atoms with Gasteiger partial charge < -0.3 is 9.47 Å². The molecule has 0 saturated carbocycles. The van der Waals surface area contributed by atoms with Crippen molar-refractivity contribution in [2.24, 2.45) is 0 Å². The summed E-state index contributed by atoms with van der Waals surface area (Å²) in [7, 11) is 0. The van der Waals surface area contributed by atoms with Crippen molar-refractivity contribution in [3.63, 3.8) is 0 Å². The zero-order chi connectivity index (χ0) is 12.4. The Kier molecular flexibility index (Phi) is 3.03. The zero-order valence-corrected chi connectivity index (χ0v) is 10.4. The molecular weight excluding hydrogens is 224 g/mol. The van der Waals surface area contributed by atoms with Gasteiger partial charge in [0.15, 0.2) is 6.10 Å². The van der Waals surface area contributed by atoms with E-state index in [2.05, 4.69) is 25.1 Å². The van der Waals surface area contributed by atoms with E-state index in [1.807, 2.05) is 36.4 Å². The van der Waals surface area contributed by atoms with Crippen LogP contribution in [0.4, 0.5) is 0 Å². The van der Waals surface area contributed by atoms with Crippen molar-refractivity contribution in [2.45, 2.75) is 19.1 Å². The van der Waals surface area contributed by atoms with Crippen LogP contribution < -0.4 is 4.74 Å². The second-order valence-corrected chi connectivity index (χ2v) is 4.59. The lowest BCUT2D eigenvalue weighted by Crippen LogP contribution is -2.14. The largest absolute Gasteiger partial charge is 0.483 e. The van der Waals surface area contributed by atoms with Crippen molar-refractivity contribution in [3.05, 3.63) is 65.7 Å². The second-order valence-electron chi connectivity index (χ2n) is 4.59. The summed E-state index contributed by atoms with van der Waals surface area (Å²) in [6.07, 6.45) is 0.180. The molecule has 0 spiro atoms. The molecule has 1 fully saturated rings. The van der Waals surface area contributed by atoms with E-state index in [1.54, 1.807) is 0 Å². The molecule has 2 aromatic rings. The fourth-order valence-electron chi connectivity index (χ4n) is 2.06. The Bertz CT molecular complexity index is 518. The number of benzene rings is 2. The maximum Gasteiger partial charge on any atom is 0.152 e. The minimum Gasteiger partial charge on any atom is -0.483 e. The van der Waals surface area contributed by atoms with E-state index in [-0.39, 0.29) is 12.2 Å². The topological polar surface area (TPSA) is 21.8 Å². The third-order valence-electron chi connectivity index (χ3n) is 3.17. The Morgan fingerprint density at radius 2 is 1.72 bits per heavy atom. The van der Waals surface area contributed by atoms with Gasteiger partial charge in [0, 0.05) is 0 Å². The molecule has 1 heterocycles. The molecule has 2 aromatic carbocycles. The minimum absolute atomic E-state index is 0.00713. The summed E-state index contributed by atoms with van der Waals surface area (Å²) in [5, 5.41) is 0. The molecule has 92 valence electrons. The first-order chi connectivity index (χ1) is 8.84. The highest BCUT2D eigenvalue weighted by Crippen LogP contribution is 2.33. The Morgan fingerprint density at radius 1 is 1.06 bits per heavy atom. The number of hydrogen-bond acceptors (Lipinski definition) is 2. The van der Waals surface area contributed by atoms with Crippen molar-refractivity contribution in [1.29, 1.82) is 0 Å². The molecule has 1 aliphatic rings. The molecule has 2 nitrogen and oxygen atoms in total. The summed E-state index contributed by atoms with van der Waals surface area (Å²) in [5.74, 6) is 0.932.